The van der Waals surface area contributed by atoms with Crippen molar-refractivity contribution in [2.75, 3.05) is 24.9 Å². The maximum absolute atomic E-state index is 12.9. The monoisotopic (exact) mass is 468 g/mol. The van der Waals surface area contributed by atoms with E-state index in [1.54, 1.807) is 25.4 Å². The van der Waals surface area contributed by atoms with Crippen molar-refractivity contribution in [1.29, 1.82) is 0 Å². The van der Waals surface area contributed by atoms with Crippen LogP contribution >= 0.6 is 0 Å². The first-order valence-corrected chi connectivity index (χ1v) is 11.1. The summed E-state index contributed by atoms with van der Waals surface area (Å²) in [6.45, 7) is 0.608. The first-order valence-electron chi connectivity index (χ1n) is 11.1. The van der Waals surface area contributed by atoms with E-state index in [9.17, 15) is 9.59 Å². The average Bonchev–Trinajstić information content (AvgIpc) is 3.34. The van der Waals surface area contributed by atoms with Crippen molar-refractivity contribution in [3.8, 4) is 16.9 Å². The quantitative estimate of drug-likeness (QED) is 0.401. The number of carbonyl (C=O) groups excluding carboxylic acids is 2. The third-order valence-corrected chi connectivity index (χ3v) is 5.95. The molecule has 2 N–H and O–H groups in total. The molecule has 3 aromatic carbocycles. The number of benzene rings is 3. The lowest BCUT2D eigenvalue weighted by molar-refractivity contribution is -0.139. The number of anilines is 3. The lowest BCUT2D eigenvalue weighted by atomic mass is 10.00. The fourth-order valence-electron chi connectivity index (χ4n) is 4.14. The Morgan fingerprint density at radius 1 is 0.943 bits per heavy atom. The van der Waals surface area contributed by atoms with Crippen molar-refractivity contribution in [1.82, 2.24) is 9.78 Å². The Balaban J connectivity index is 1.45. The zero-order valence-corrected chi connectivity index (χ0v) is 19.4. The van der Waals surface area contributed by atoms with Gasteiger partial charge in [0.15, 0.2) is 0 Å². The Morgan fingerprint density at radius 3 is 2.54 bits per heavy atom. The van der Waals surface area contributed by atoms with Gasteiger partial charge < -0.3 is 20.1 Å². The molecule has 2 heterocycles. The molecule has 1 aliphatic rings. The summed E-state index contributed by atoms with van der Waals surface area (Å²) in [6, 6.07) is 19.1. The van der Waals surface area contributed by atoms with Crippen LogP contribution < -0.4 is 15.4 Å². The predicted octanol–water partition coefficient (Wildman–Crippen LogP) is 4.63. The number of aromatic nitrogens is 2. The number of methoxy groups -OCH3 is 2. The highest BCUT2D eigenvalue weighted by Gasteiger charge is 2.20. The third-order valence-electron chi connectivity index (χ3n) is 5.95. The third kappa shape index (κ3) is 4.59. The lowest BCUT2D eigenvalue weighted by Crippen LogP contribution is -2.11. The molecule has 0 bridgehead atoms. The number of hydrogen-bond acceptors (Lipinski definition) is 6. The van der Waals surface area contributed by atoms with E-state index in [1.807, 2.05) is 59.4 Å². The fourth-order valence-corrected chi connectivity index (χ4v) is 4.14. The number of fused-ring (bicyclic) bond motifs is 2. The van der Waals surface area contributed by atoms with Gasteiger partial charge in [0, 0.05) is 18.0 Å². The van der Waals surface area contributed by atoms with Crippen LogP contribution in [0.5, 0.6) is 5.75 Å². The minimum atomic E-state index is -0.336. The van der Waals surface area contributed by atoms with Gasteiger partial charge in [-0.2, -0.15) is 5.10 Å². The zero-order chi connectivity index (χ0) is 24.4. The largest absolute Gasteiger partial charge is 0.496 e. The van der Waals surface area contributed by atoms with Gasteiger partial charge in [-0.25, -0.2) is 0 Å². The number of nitrogens with zero attached hydrogens (tertiary/aromatic N) is 2. The molecule has 35 heavy (non-hydrogen) atoms. The van der Waals surface area contributed by atoms with E-state index in [0.29, 0.717) is 23.5 Å². The van der Waals surface area contributed by atoms with Crippen LogP contribution in [0.1, 0.15) is 21.5 Å². The Morgan fingerprint density at radius 2 is 1.77 bits per heavy atom. The van der Waals surface area contributed by atoms with E-state index in [1.165, 1.54) is 7.11 Å². The number of amides is 1. The second kappa shape index (κ2) is 9.34. The Kier molecular flexibility index (Phi) is 5.93. The van der Waals surface area contributed by atoms with E-state index in [-0.39, 0.29) is 18.3 Å². The highest BCUT2D eigenvalue weighted by atomic mass is 16.5. The second-order valence-electron chi connectivity index (χ2n) is 8.20. The topological polar surface area (TPSA) is 94.5 Å². The Labute approximate surface area is 202 Å². The van der Waals surface area contributed by atoms with Crippen LogP contribution in [0.3, 0.4) is 0 Å². The van der Waals surface area contributed by atoms with E-state index < -0.39 is 0 Å². The Bertz CT molecular complexity index is 1410. The van der Waals surface area contributed by atoms with Crippen molar-refractivity contribution >= 4 is 28.9 Å². The van der Waals surface area contributed by atoms with Gasteiger partial charge in [-0.1, -0.05) is 24.3 Å². The van der Waals surface area contributed by atoms with Gasteiger partial charge >= 0.3 is 5.97 Å². The minimum absolute atomic E-state index is 0.134. The van der Waals surface area contributed by atoms with Crippen molar-refractivity contribution < 1.29 is 19.1 Å². The van der Waals surface area contributed by atoms with E-state index in [2.05, 4.69) is 15.7 Å². The molecular weight excluding hydrogens is 444 g/mol. The highest BCUT2D eigenvalue weighted by molar-refractivity contribution is 6.12. The maximum Gasteiger partial charge on any atom is 0.309 e. The van der Waals surface area contributed by atoms with Crippen LogP contribution in [-0.2, 0) is 22.5 Å². The number of nitrogens with one attached hydrogen (secondary N) is 2. The second-order valence-corrected chi connectivity index (χ2v) is 8.20. The molecule has 0 saturated heterocycles. The molecule has 0 radical (unpaired) electrons. The number of carbonyl (C=O) groups is 2. The van der Waals surface area contributed by atoms with Gasteiger partial charge in [-0.05, 0) is 53.1 Å². The Hall–Kier alpha value is -4.59. The number of hydrogen-bond donors (Lipinski definition) is 2. The maximum atomic E-state index is 12.9. The van der Waals surface area contributed by atoms with Crippen LogP contribution in [0.4, 0.5) is 17.1 Å². The molecule has 5 rings (SSSR count). The van der Waals surface area contributed by atoms with Crippen molar-refractivity contribution in [3.05, 3.63) is 89.7 Å². The number of ether oxygens (including phenoxy) is 2. The molecule has 176 valence electrons. The van der Waals surface area contributed by atoms with Gasteiger partial charge in [0.2, 0.25) is 0 Å². The van der Waals surface area contributed by atoms with E-state index >= 15 is 0 Å². The normalized spacial score (nSPS) is 12.0. The molecule has 0 spiro atoms. The van der Waals surface area contributed by atoms with Gasteiger partial charge in [0.25, 0.3) is 5.91 Å². The highest BCUT2D eigenvalue weighted by Crippen LogP contribution is 2.36. The standard InChI is InChI=1S/C27H24N4O4/c1-34-25-15-19(5-6-20(25)16-31-11-3-10-28-31)18-7-8-21-23(14-18)29-22-9-4-17(13-26(32)35-2)12-24(22)30-27(21)33/h3-12,14-15,29H,13,16H2,1-2H3,(H,30,33). The molecule has 0 saturated carbocycles. The van der Waals surface area contributed by atoms with Crippen LogP contribution in [0, 0.1) is 0 Å². The summed E-state index contributed by atoms with van der Waals surface area (Å²) in [5, 5.41) is 10.6. The first-order chi connectivity index (χ1) is 17.0. The minimum Gasteiger partial charge on any atom is -0.496 e. The SMILES string of the molecule is COC(=O)Cc1ccc2c(c1)NC(=O)c1ccc(-c3ccc(Cn4cccn4)c(OC)c3)cc1N2. The van der Waals surface area contributed by atoms with Gasteiger partial charge in [0.05, 0.1) is 49.8 Å². The summed E-state index contributed by atoms with van der Waals surface area (Å²) in [5.41, 5.74) is 6.26. The van der Waals surface area contributed by atoms with Crippen LogP contribution in [0.2, 0.25) is 0 Å². The molecule has 0 aliphatic carbocycles. The molecule has 1 amide bonds. The van der Waals surface area contributed by atoms with Crippen molar-refractivity contribution in [2.24, 2.45) is 0 Å². The van der Waals surface area contributed by atoms with Crippen LogP contribution in [-0.4, -0.2) is 35.9 Å². The first kappa shape index (κ1) is 22.2. The summed E-state index contributed by atoms with van der Waals surface area (Å²) in [4.78, 5) is 24.6. The summed E-state index contributed by atoms with van der Waals surface area (Å²) in [6.07, 6.45) is 3.79. The number of rotatable bonds is 6. The molecule has 4 aromatic rings. The molecule has 8 nitrogen and oxygen atoms in total. The van der Waals surface area contributed by atoms with E-state index in [4.69, 9.17) is 9.47 Å². The van der Waals surface area contributed by atoms with Gasteiger partial charge in [0.1, 0.15) is 5.75 Å². The fraction of sp³-hybridized carbons (Fsp3) is 0.148. The summed E-state index contributed by atoms with van der Waals surface area (Å²) in [7, 11) is 3.01. The van der Waals surface area contributed by atoms with Crippen LogP contribution in [0.25, 0.3) is 11.1 Å². The van der Waals surface area contributed by atoms with Crippen molar-refractivity contribution in [3.63, 3.8) is 0 Å². The predicted molar refractivity (Wildman–Crippen MR) is 133 cm³/mol. The summed E-state index contributed by atoms with van der Waals surface area (Å²) >= 11 is 0. The van der Waals surface area contributed by atoms with Gasteiger partial charge in [-0.15, -0.1) is 0 Å². The molecule has 0 atom stereocenters. The molecule has 8 heteroatoms. The van der Waals surface area contributed by atoms with Crippen LogP contribution in [0.15, 0.2) is 73.1 Å². The number of esters is 1. The molecule has 1 aromatic heterocycles. The molecule has 0 unspecified atom stereocenters. The summed E-state index contributed by atoms with van der Waals surface area (Å²) < 4.78 is 12.2. The summed E-state index contributed by atoms with van der Waals surface area (Å²) in [5.74, 6) is 0.208. The zero-order valence-electron chi connectivity index (χ0n) is 19.4. The van der Waals surface area contributed by atoms with Gasteiger partial charge in [-0.3, -0.25) is 14.3 Å². The molecule has 1 aliphatic heterocycles. The molecule has 0 fully saturated rings. The van der Waals surface area contributed by atoms with E-state index in [0.717, 1.165) is 33.7 Å². The molecular formula is C27H24N4O4. The lowest BCUT2D eigenvalue weighted by Gasteiger charge is -2.13. The van der Waals surface area contributed by atoms with Crippen molar-refractivity contribution in [2.45, 2.75) is 13.0 Å². The average molecular weight is 469 g/mol. The smallest absolute Gasteiger partial charge is 0.309 e.